The number of rotatable bonds is 12. The second-order valence-electron chi connectivity index (χ2n) is 11.3. The predicted molar refractivity (Wildman–Crippen MR) is 172 cm³/mol. The van der Waals surface area contributed by atoms with Crippen molar-refractivity contribution < 1.29 is 4.74 Å². The van der Waals surface area contributed by atoms with Crippen molar-refractivity contribution in [3.63, 3.8) is 0 Å². The number of aromatic nitrogens is 3. The number of benzene rings is 3. The van der Waals surface area contributed by atoms with Gasteiger partial charge < -0.3 is 19.9 Å². The number of anilines is 2. The van der Waals surface area contributed by atoms with E-state index < -0.39 is 0 Å². The van der Waals surface area contributed by atoms with Crippen molar-refractivity contribution in [3.8, 4) is 5.75 Å². The summed E-state index contributed by atoms with van der Waals surface area (Å²) >= 11 is 0. The van der Waals surface area contributed by atoms with Crippen LogP contribution in [0.25, 0.3) is 21.8 Å². The van der Waals surface area contributed by atoms with E-state index in [9.17, 15) is 0 Å². The third-order valence-electron chi connectivity index (χ3n) is 8.37. The number of ether oxygens (including phenoxy) is 1. The first kappa shape index (κ1) is 27.9. The van der Waals surface area contributed by atoms with E-state index in [0.29, 0.717) is 5.92 Å². The lowest BCUT2D eigenvalue weighted by molar-refractivity contribution is 0.143. The van der Waals surface area contributed by atoms with Crippen LogP contribution in [0.2, 0.25) is 0 Å². The van der Waals surface area contributed by atoms with Crippen LogP contribution in [0, 0.1) is 5.92 Å². The van der Waals surface area contributed by atoms with E-state index in [-0.39, 0.29) is 0 Å². The van der Waals surface area contributed by atoms with Crippen LogP contribution in [0.4, 0.5) is 11.5 Å². The molecule has 1 fully saturated rings. The fourth-order valence-electron chi connectivity index (χ4n) is 5.83. The minimum Gasteiger partial charge on any atom is -0.493 e. The molecule has 0 saturated carbocycles. The van der Waals surface area contributed by atoms with E-state index in [1.54, 1.807) is 6.33 Å². The number of fused-ring (bicyclic) bond motifs is 2. The van der Waals surface area contributed by atoms with Crippen molar-refractivity contribution in [1.82, 2.24) is 19.9 Å². The van der Waals surface area contributed by atoms with E-state index in [4.69, 9.17) is 4.74 Å². The number of pyridine rings is 1. The maximum absolute atomic E-state index is 6.26. The van der Waals surface area contributed by atoms with Gasteiger partial charge in [-0.3, -0.25) is 4.98 Å². The fourth-order valence-corrected chi connectivity index (χ4v) is 5.83. The summed E-state index contributed by atoms with van der Waals surface area (Å²) in [7, 11) is 2.18. The molecule has 3 aromatic carbocycles. The van der Waals surface area contributed by atoms with Crippen LogP contribution in [0.1, 0.15) is 24.8 Å². The smallest absolute Gasteiger partial charge is 0.137 e. The van der Waals surface area contributed by atoms with Crippen molar-refractivity contribution in [2.24, 2.45) is 5.92 Å². The number of hydrogen-bond donors (Lipinski definition) is 1. The zero-order valence-electron chi connectivity index (χ0n) is 24.5. The summed E-state index contributed by atoms with van der Waals surface area (Å²) in [4.78, 5) is 18.4. The number of hydrogen-bond acceptors (Lipinski definition) is 7. The summed E-state index contributed by atoms with van der Waals surface area (Å²) in [5, 5.41) is 5.74. The highest BCUT2D eigenvalue weighted by Gasteiger charge is 2.20. The van der Waals surface area contributed by atoms with Gasteiger partial charge in [-0.1, -0.05) is 48.5 Å². The van der Waals surface area contributed by atoms with Crippen molar-refractivity contribution in [2.45, 2.75) is 25.7 Å². The zero-order valence-corrected chi connectivity index (χ0v) is 24.5. The van der Waals surface area contributed by atoms with E-state index in [1.165, 1.54) is 16.6 Å². The first-order valence-electron chi connectivity index (χ1n) is 15.2. The van der Waals surface area contributed by atoms with Gasteiger partial charge in [-0.2, -0.15) is 0 Å². The number of aryl methyl sites for hydroxylation is 1. The van der Waals surface area contributed by atoms with Gasteiger partial charge in [-0.25, -0.2) is 9.97 Å². The minimum atomic E-state index is 0.575. The van der Waals surface area contributed by atoms with Crippen LogP contribution in [0.3, 0.4) is 0 Å². The molecule has 0 atom stereocenters. The van der Waals surface area contributed by atoms with Gasteiger partial charge >= 0.3 is 0 Å². The van der Waals surface area contributed by atoms with Crippen LogP contribution in [-0.4, -0.2) is 66.2 Å². The molecule has 0 bridgehead atoms. The Morgan fingerprint density at radius 2 is 1.71 bits per heavy atom. The molecule has 2 aromatic heterocycles. The van der Waals surface area contributed by atoms with Crippen molar-refractivity contribution >= 4 is 33.3 Å². The molecule has 0 unspecified atom stereocenters. The highest BCUT2D eigenvalue weighted by atomic mass is 16.5. The number of nitrogens with zero attached hydrogens (tertiary/aromatic N) is 5. The summed E-state index contributed by atoms with van der Waals surface area (Å²) in [6.07, 6.45) is 7.97. The molecule has 42 heavy (non-hydrogen) atoms. The van der Waals surface area contributed by atoms with E-state index >= 15 is 0 Å². The average molecular weight is 561 g/mol. The topological polar surface area (TPSA) is 66.4 Å². The third kappa shape index (κ3) is 6.97. The Morgan fingerprint density at radius 3 is 2.60 bits per heavy atom. The number of nitrogens with one attached hydrogen (secondary N) is 1. The largest absolute Gasteiger partial charge is 0.493 e. The van der Waals surface area contributed by atoms with E-state index in [0.717, 1.165) is 93.0 Å². The predicted octanol–water partition coefficient (Wildman–Crippen LogP) is 6.45. The van der Waals surface area contributed by atoms with Gasteiger partial charge in [0, 0.05) is 55.4 Å². The maximum Gasteiger partial charge on any atom is 0.137 e. The van der Waals surface area contributed by atoms with Gasteiger partial charge in [0.05, 0.1) is 17.6 Å². The van der Waals surface area contributed by atoms with Gasteiger partial charge in [0.2, 0.25) is 0 Å². The summed E-state index contributed by atoms with van der Waals surface area (Å²) in [6, 6.07) is 27.3. The van der Waals surface area contributed by atoms with E-state index in [1.807, 2.05) is 18.3 Å². The van der Waals surface area contributed by atoms with Crippen LogP contribution >= 0.6 is 0 Å². The lowest BCUT2D eigenvalue weighted by Gasteiger charge is -2.33. The van der Waals surface area contributed by atoms with Crippen LogP contribution in [0.5, 0.6) is 5.75 Å². The van der Waals surface area contributed by atoms with Gasteiger partial charge in [0.1, 0.15) is 17.9 Å². The highest BCUT2D eigenvalue weighted by molar-refractivity contribution is 5.91. The Bertz CT molecular complexity index is 1580. The molecule has 1 N–H and O–H groups in total. The molecule has 1 aliphatic rings. The minimum absolute atomic E-state index is 0.575. The first-order chi connectivity index (χ1) is 20.7. The van der Waals surface area contributed by atoms with Crippen molar-refractivity contribution in [2.75, 3.05) is 56.6 Å². The number of para-hydroxylation sites is 1. The van der Waals surface area contributed by atoms with Crippen molar-refractivity contribution in [3.05, 3.63) is 97.0 Å². The van der Waals surface area contributed by atoms with E-state index in [2.05, 4.69) is 104 Å². The Hall–Kier alpha value is -4.23. The number of likely N-dealkylation sites (N-methyl/N-ethyl adjacent to an activating group) is 1. The molecule has 0 aliphatic carbocycles. The molecule has 216 valence electrons. The molecule has 0 radical (unpaired) electrons. The van der Waals surface area contributed by atoms with Crippen LogP contribution in [0.15, 0.2) is 91.4 Å². The SMILES string of the molecule is CN(CCN1CCC(COc2ccc3c(NCCCc4ccccc4)ncnc3c2)CC1)c1ccnc2ccccc12. The standard InChI is InChI=1S/C35H40N6O/c1-40(34-15-19-36-32-12-6-5-11-30(32)34)22-23-41-20-16-28(17-21-41)25-42-29-13-14-31-33(24-29)38-26-39-35(31)37-18-7-10-27-8-3-2-4-9-27/h2-6,8-9,11-15,19,24,26,28H,7,10,16-18,20-23,25H2,1H3,(H,37,38,39). The van der Waals surface area contributed by atoms with Crippen LogP contribution < -0.4 is 15.0 Å². The summed E-state index contributed by atoms with van der Waals surface area (Å²) in [6.45, 7) is 5.91. The quantitative estimate of drug-likeness (QED) is 0.176. The molecule has 5 aromatic rings. The van der Waals surface area contributed by atoms with Gasteiger partial charge in [-0.05, 0) is 74.5 Å². The molecule has 7 nitrogen and oxygen atoms in total. The lowest BCUT2D eigenvalue weighted by atomic mass is 9.98. The Morgan fingerprint density at radius 1 is 0.881 bits per heavy atom. The molecule has 3 heterocycles. The summed E-state index contributed by atoms with van der Waals surface area (Å²) in [5.41, 5.74) is 4.57. The Balaban J connectivity index is 0.944. The molecule has 0 amide bonds. The molecular weight excluding hydrogens is 520 g/mol. The second kappa shape index (κ2) is 13.6. The summed E-state index contributed by atoms with van der Waals surface area (Å²) < 4.78 is 6.26. The van der Waals surface area contributed by atoms with Crippen molar-refractivity contribution in [1.29, 1.82) is 0 Å². The zero-order chi connectivity index (χ0) is 28.6. The summed E-state index contributed by atoms with van der Waals surface area (Å²) in [5.74, 6) is 2.34. The normalized spacial score (nSPS) is 14.3. The van der Waals surface area contributed by atoms with Gasteiger partial charge in [0.15, 0.2) is 0 Å². The molecule has 1 aliphatic heterocycles. The van der Waals surface area contributed by atoms with Crippen LogP contribution in [-0.2, 0) is 6.42 Å². The number of likely N-dealkylation sites (tertiary alicyclic amines) is 1. The van der Waals surface area contributed by atoms with Gasteiger partial charge in [-0.15, -0.1) is 0 Å². The molecule has 1 saturated heterocycles. The molecule has 6 rings (SSSR count). The lowest BCUT2D eigenvalue weighted by Crippen LogP contribution is -2.39. The third-order valence-corrected chi connectivity index (χ3v) is 8.37. The average Bonchev–Trinajstić information content (AvgIpc) is 3.05. The first-order valence-corrected chi connectivity index (χ1v) is 15.2. The highest BCUT2D eigenvalue weighted by Crippen LogP contribution is 2.27. The number of piperidine rings is 1. The Labute approximate surface area is 248 Å². The second-order valence-corrected chi connectivity index (χ2v) is 11.3. The molecule has 0 spiro atoms. The van der Waals surface area contributed by atoms with Gasteiger partial charge in [0.25, 0.3) is 0 Å². The molecule has 7 heteroatoms. The Kier molecular flexibility index (Phi) is 9.05. The molecular formula is C35H40N6O. The maximum atomic E-state index is 6.26. The fraction of sp³-hybridized carbons (Fsp3) is 0.343. The monoisotopic (exact) mass is 560 g/mol.